The fourth-order valence-electron chi connectivity index (χ4n) is 3.94. The fraction of sp³-hybridized carbons (Fsp3) is 0.0400. The molecular formula is C25H22Si. The molecule has 0 aliphatic rings. The average molecular weight is 351 g/mol. The van der Waals surface area contributed by atoms with Gasteiger partial charge in [-0.1, -0.05) is 121 Å². The van der Waals surface area contributed by atoms with E-state index in [-0.39, 0.29) is 0 Å². The number of aryl methyl sites for hydroxylation is 1. The molecule has 4 aromatic rings. The number of hydrogen-bond acceptors (Lipinski definition) is 0. The largest absolute Gasteiger partial charge is 0.179 e. The lowest BCUT2D eigenvalue weighted by Crippen LogP contribution is -2.74. The van der Waals surface area contributed by atoms with E-state index in [0.29, 0.717) is 0 Å². The molecule has 0 aliphatic carbocycles. The van der Waals surface area contributed by atoms with Gasteiger partial charge < -0.3 is 0 Å². The van der Waals surface area contributed by atoms with Gasteiger partial charge in [0.15, 0.2) is 8.07 Å². The number of hydrogen-bond donors (Lipinski definition) is 0. The molecule has 0 amide bonds. The molecule has 1 heteroatoms. The first-order valence-electron chi connectivity index (χ1n) is 9.05. The molecule has 0 bridgehead atoms. The Balaban J connectivity index is 2.14. The molecule has 4 aromatic carbocycles. The normalized spacial score (nSPS) is 11.3. The van der Waals surface area contributed by atoms with Gasteiger partial charge in [-0.05, 0) is 27.7 Å². The third-order valence-electron chi connectivity index (χ3n) is 5.07. The van der Waals surface area contributed by atoms with Crippen molar-refractivity contribution in [3.8, 4) is 0 Å². The number of benzene rings is 4. The summed E-state index contributed by atoms with van der Waals surface area (Å²) in [5.74, 6) is 0. The van der Waals surface area contributed by atoms with Gasteiger partial charge in [-0.3, -0.25) is 0 Å². The van der Waals surface area contributed by atoms with Gasteiger partial charge in [-0.15, -0.1) is 0 Å². The average Bonchev–Trinajstić information content (AvgIpc) is 2.71. The summed E-state index contributed by atoms with van der Waals surface area (Å²) in [5.41, 5.74) is 1.31. The molecule has 0 unspecified atom stereocenters. The molecule has 0 saturated heterocycles. The van der Waals surface area contributed by atoms with E-state index in [1.54, 1.807) is 0 Å². The highest BCUT2D eigenvalue weighted by atomic mass is 28.3. The van der Waals surface area contributed by atoms with E-state index >= 15 is 0 Å². The molecule has 0 radical (unpaired) electrons. The van der Waals surface area contributed by atoms with Gasteiger partial charge in [-0.25, -0.2) is 0 Å². The highest BCUT2D eigenvalue weighted by Gasteiger charge is 2.41. The summed E-state index contributed by atoms with van der Waals surface area (Å²) >= 11 is 0. The second kappa shape index (κ2) is 7.15. The van der Waals surface area contributed by atoms with Crippen molar-refractivity contribution >= 4 is 28.8 Å². The Morgan fingerprint density at radius 2 is 0.808 bits per heavy atom. The van der Waals surface area contributed by atoms with Gasteiger partial charge in [-0.2, -0.15) is 0 Å². The maximum Gasteiger partial charge on any atom is 0.179 e. The molecular weight excluding hydrogens is 328 g/mol. The van der Waals surface area contributed by atoms with E-state index in [2.05, 4.69) is 122 Å². The highest BCUT2D eigenvalue weighted by molar-refractivity contribution is 7.19. The second-order valence-electron chi connectivity index (χ2n) is 6.72. The molecule has 0 fully saturated rings. The van der Waals surface area contributed by atoms with Crippen molar-refractivity contribution < 1.29 is 0 Å². The summed E-state index contributed by atoms with van der Waals surface area (Å²) in [6.07, 6.45) is 0. The Morgan fingerprint density at radius 1 is 0.423 bits per heavy atom. The van der Waals surface area contributed by atoms with Crippen molar-refractivity contribution in [2.45, 2.75) is 6.92 Å². The van der Waals surface area contributed by atoms with E-state index in [9.17, 15) is 0 Å². The Kier molecular flexibility index (Phi) is 4.55. The van der Waals surface area contributed by atoms with Gasteiger partial charge in [0.25, 0.3) is 0 Å². The van der Waals surface area contributed by atoms with Crippen molar-refractivity contribution in [2.24, 2.45) is 0 Å². The van der Waals surface area contributed by atoms with Crippen molar-refractivity contribution in [3.05, 3.63) is 121 Å². The lowest BCUT2D eigenvalue weighted by Gasteiger charge is -2.34. The van der Waals surface area contributed by atoms with Crippen LogP contribution in [0.5, 0.6) is 0 Å². The minimum atomic E-state index is -2.33. The second-order valence-corrected chi connectivity index (χ2v) is 10.5. The van der Waals surface area contributed by atoms with Crippen LogP contribution in [0.1, 0.15) is 5.56 Å². The zero-order valence-corrected chi connectivity index (χ0v) is 16.0. The maximum absolute atomic E-state index is 2.37. The van der Waals surface area contributed by atoms with E-state index in [4.69, 9.17) is 0 Å². The molecule has 0 N–H and O–H groups in total. The quantitative estimate of drug-likeness (QED) is 0.391. The van der Waals surface area contributed by atoms with E-state index in [1.807, 2.05) is 0 Å². The Hall–Kier alpha value is -2.90. The number of rotatable bonds is 4. The molecule has 0 heterocycles. The molecule has 0 aliphatic heterocycles. The van der Waals surface area contributed by atoms with Crippen LogP contribution in [0.2, 0.25) is 0 Å². The zero-order valence-electron chi connectivity index (χ0n) is 15.0. The zero-order chi connectivity index (χ0) is 17.8. The Morgan fingerprint density at radius 3 is 1.19 bits per heavy atom. The van der Waals surface area contributed by atoms with Crippen LogP contribution in [0.15, 0.2) is 115 Å². The molecule has 0 aromatic heterocycles. The van der Waals surface area contributed by atoms with Crippen molar-refractivity contribution in [1.82, 2.24) is 0 Å². The minimum Gasteiger partial charge on any atom is -0.0623 e. The van der Waals surface area contributed by atoms with Gasteiger partial charge in [0, 0.05) is 0 Å². The van der Waals surface area contributed by atoms with Crippen LogP contribution in [-0.4, -0.2) is 8.07 Å². The summed E-state index contributed by atoms with van der Waals surface area (Å²) in [6, 6.07) is 42.2. The first kappa shape index (κ1) is 16.6. The predicted octanol–water partition coefficient (Wildman–Crippen LogP) is 3.37. The van der Waals surface area contributed by atoms with Gasteiger partial charge in [0.05, 0.1) is 0 Å². The van der Waals surface area contributed by atoms with E-state index in [1.165, 1.54) is 26.3 Å². The topological polar surface area (TPSA) is 0 Å². The molecule has 126 valence electrons. The smallest absolute Gasteiger partial charge is 0.0623 e. The molecule has 0 atom stereocenters. The van der Waals surface area contributed by atoms with Crippen molar-refractivity contribution in [2.75, 3.05) is 0 Å². The molecule has 0 saturated carbocycles. The Labute approximate surface area is 156 Å². The summed E-state index contributed by atoms with van der Waals surface area (Å²) < 4.78 is 0. The van der Waals surface area contributed by atoms with Crippen LogP contribution in [0.4, 0.5) is 0 Å². The minimum absolute atomic E-state index is 1.31. The molecule has 26 heavy (non-hydrogen) atoms. The maximum atomic E-state index is 2.37. The first-order valence-corrected chi connectivity index (χ1v) is 11.1. The van der Waals surface area contributed by atoms with E-state index < -0.39 is 8.07 Å². The van der Waals surface area contributed by atoms with Gasteiger partial charge in [0.2, 0.25) is 0 Å². The van der Waals surface area contributed by atoms with Crippen LogP contribution < -0.4 is 20.7 Å². The Bertz CT molecular complexity index is 879. The molecule has 0 spiro atoms. The summed E-state index contributed by atoms with van der Waals surface area (Å²) in [4.78, 5) is 0. The predicted molar refractivity (Wildman–Crippen MR) is 115 cm³/mol. The van der Waals surface area contributed by atoms with Gasteiger partial charge >= 0.3 is 0 Å². The molecule has 4 rings (SSSR count). The first-order chi connectivity index (χ1) is 12.8. The third-order valence-corrected chi connectivity index (χ3v) is 9.85. The highest BCUT2D eigenvalue weighted by Crippen LogP contribution is 2.10. The monoisotopic (exact) mass is 350 g/mol. The van der Waals surface area contributed by atoms with Gasteiger partial charge in [0.1, 0.15) is 0 Å². The van der Waals surface area contributed by atoms with Crippen molar-refractivity contribution in [3.63, 3.8) is 0 Å². The van der Waals surface area contributed by atoms with Crippen LogP contribution in [0.25, 0.3) is 0 Å². The lowest BCUT2D eigenvalue weighted by atomic mass is 10.2. The summed E-state index contributed by atoms with van der Waals surface area (Å²) in [5, 5.41) is 5.69. The molecule has 0 nitrogen and oxygen atoms in total. The third kappa shape index (κ3) is 2.81. The fourth-order valence-corrected chi connectivity index (χ4v) is 8.81. The van der Waals surface area contributed by atoms with Crippen molar-refractivity contribution in [1.29, 1.82) is 0 Å². The standard InChI is InChI=1S/C25H22Si/c1-21-12-11-19-25(20-21)26(22-13-5-2-6-14-22,23-15-7-3-8-16-23)24-17-9-4-10-18-24/h2-20H,1H3. The van der Waals surface area contributed by atoms with Crippen LogP contribution in [-0.2, 0) is 0 Å². The SMILES string of the molecule is Cc1cccc([Si](c2ccccc2)(c2ccccc2)c2ccccc2)c1. The summed E-state index contributed by atoms with van der Waals surface area (Å²) in [6.45, 7) is 2.18. The van der Waals surface area contributed by atoms with Crippen LogP contribution in [0, 0.1) is 6.92 Å². The van der Waals surface area contributed by atoms with E-state index in [0.717, 1.165) is 0 Å². The van der Waals surface area contributed by atoms with Crippen LogP contribution in [0.3, 0.4) is 0 Å². The summed E-state index contributed by atoms with van der Waals surface area (Å²) in [7, 11) is -2.33. The lowest BCUT2D eigenvalue weighted by molar-refractivity contribution is 1.49. The van der Waals surface area contributed by atoms with Crippen LogP contribution >= 0.6 is 0 Å².